The number of nitrogens with zero attached hydrogens (tertiary/aromatic N) is 3. The van der Waals surface area contributed by atoms with Crippen LogP contribution in [0.15, 0.2) is 101 Å². The minimum absolute atomic E-state index is 0.0465. The molecule has 9 heteroatoms. The van der Waals surface area contributed by atoms with E-state index in [-0.39, 0.29) is 34.1 Å². The van der Waals surface area contributed by atoms with Gasteiger partial charge < -0.3 is 13.5 Å². The summed E-state index contributed by atoms with van der Waals surface area (Å²) >= 11 is 0. The lowest BCUT2D eigenvalue weighted by Gasteiger charge is -2.46. The first-order valence-electron chi connectivity index (χ1n) is 15.2. The molecule has 0 aliphatic heterocycles. The molecule has 44 heavy (non-hydrogen) atoms. The number of pyridine rings is 2. The molecule has 1 amide bonds. The molecule has 0 radical (unpaired) electrons. The normalized spacial score (nSPS) is 17.5. The van der Waals surface area contributed by atoms with E-state index in [9.17, 15) is 9.59 Å². The largest absolute Gasteiger partial charge is 0.404 e. The van der Waals surface area contributed by atoms with Gasteiger partial charge in [0.25, 0.3) is 14.2 Å². The van der Waals surface area contributed by atoms with Crippen LogP contribution in [0.4, 0.5) is 5.88 Å². The summed E-state index contributed by atoms with van der Waals surface area (Å²) in [6.45, 7) is 8.67. The first-order valence-corrected chi connectivity index (χ1v) is 17.1. The van der Waals surface area contributed by atoms with Crippen molar-refractivity contribution in [2.24, 2.45) is 0 Å². The van der Waals surface area contributed by atoms with Crippen LogP contribution in [0.3, 0.4) is 0 Å². The van der Waals surface area contributed by atoms with E-state index < -0.39 is 14.2 Å². The molecule has 3 heterocycles. The second-order valence-electron chi connectivity index (χ2n) is 12.7. The van der Waals surface area contributed by atoms with Gasteiger partial charge in [-0.1, -0.05) is 86.6 Å². The standard InChI is InChI=1S/C35H38N4O4Si/c1-24-22-31(42-38-24)37-34(41)30-23-39(33-29(32(30)40)16-11-21-36-33)25-17-19-26(20-18-25)43-44(35(2,3)4,27-12-7-5-8-13-27)28-14-9-6-10-15-28/h5-16,21-23,25-26H,17-20H2,1-4H3,(H,37,41)/t25-,26-. The maximum Gasteiger partial charge on any atom is 0.263 e. The number of carbonyl (C=O) groups is 1. The molecule has 1 saturated carbocycles. The molecule has 1 aliphatic rings. The van der Waals surface area contributed by atoms with Gasteiger partial charge in [-0.15, -0.1) is 0 Å². The Kier molecular flexibility index (Phi) is 8.09. The molecule has 3 aromatic heterocycles. The van der Waals surface area contributed by atoms with Crippen molar-refractivity contribution in [1.29, 1.82) is 0 Å². The molecule has 0 spiro atoms. The number of hydrogen-bond acceptors (Lipinski definition) is 6. The van der Waals surface area contributed by atoms with Crippen LogP contribution in [-0.4, -0.2) is 35.0 Å². The summed E-state index contributed by atoms with van der Waals surface area (Å²) < 4.78 is 14.6. The highest BCUT2D eigenvalue weighted by Gasteiger charge is 2.51. The Bertz CT molecular complexity index is 1780. The predicted octanol–water partition coefficient (Wildman–Crippen LogP) is 6.01. The van der Waals surface area contributed by atoms with Crippen LogP contribution in [0.1, 0.15) is 68.5 Å². The lowest BCUT2D eigenvalue weighted by atomic mass is 9.92. The predicted molar refractivity (Wildman–Crippen MR) is 175 cm³/mol. The van der Waals surface area contributed by atoms with Crippen LogP contribution >= 0.6 is 0 Å². The molecule has 1 fully saturated rings. The van der Waals surface area contributed by atoms with Gasteiger partial charge in [0.05, 0.1) is 11.1 Å². The average Bonchev–Trinajstić information content (AvgIpc) is 3.44. The number of nitrogens with one attached hydrogen (secondary N) is 1. The molecule has 0 atom stereocenters. The fraction of sp³-hybridized carbons (Fsp3) is 0.314. The molecule has 5 aromatic rings. The minimum atomic E-state index is -2.68. The van der Waals surface area contributed by atoms with Crippen molar-refractivity contribution in [3.63, 3.8) is 0 Å². The highest BCUT2D eigenvalue weighted by atomic mass is 28.4. The fourth-order valence-electron chi connectivity index (χ4n) is 6.61. The van der Waals surface area contributed by atoms with Gasteiger partial charge in [-0.3, -0.25) is 14.9 Å². The lowest BCUT2D eigenvalue weighted by Crippen LogP contribution is -2.67. The molecule has 8 nitrogen and oxygen atoms in total. The minimum Gasteiger partial charge on any atom is -0.404 e. The van der Waals surface area contributed by atoms with Crippen LogP contribution in [-0.2, 0) is 4.43 Å². The molecule has 0 unspecified atom stereocenters. The summed E-state index contributed by atoms with van der Waals surface area (Å²) in [4.78, 5) is 31.2. The molecule has 1 aliphatic carbocycles. The van der Waals surface area contributed by atoms with Gasteiger partial charge in [0.2, 0.25) is 11.3 Å². The fourth-order valence-corrected chi connectivity index (χ4v) is 11.4. The molecule has 2 aromatic carbocycles. The Balaban J connectivity index is 1.30. The van der Waals surface area contributed by atoms with Gasteiger partial charge >= 0.3 is 0 Å². The van der Waals surface area contributed by atoms with Gasteiger partial charge in [0.15, 0.2) is 0 Å². The summed E-state index contributed by atoms with van der Waals surface area (Å²) in [5.41, 5.74) is 0.908. The number of amides is 1. The van der Waals surface area contributed by atoms with Gasteiger partial charge in [-0.2, -0.15) is 0 Å². The SMILES string of the molecule is Cc1cc(NC(=O)c2cn([C@H]3CC[C@H](O[Si](c4ccccc4)(c4ccccc4)C(C)(C)C)CC3)c3ncccc3c2=O)on1. The molecule has 6 rings (SSSR count). The highest BCUT2D eigenvalue weighted by Crippen LogP contribution is 2.40. The lowest BCUT2D eigenvalue weighted by molar-refractivity contribution is 0.102. The van der Waals surface area contributed by atoms with E-state index >= 15 is 0 Å². The van der Waals surface area contributed by atoms with E-state index in [0.717, 1.165) is 25.7 Å². The Hall–Kier alpha value is -4.34. The number of fused-ring (bicyclic) bond motifs is 1. The van der Waals surface area contributed by atoms with Crippen molar-refractivity contribution in [3.8, 4) is 0 Å². The van der Waals surface area contributed by atoms with Crippen LogP contribution in [0.2, 0.25) is 5.04 Å². The van der Waals surface area contributed by atoms with Gasteiger partial charge in [-0.25, -0.2) is 4.98 Å². The highest BCUT2D eigenvalue weighted by molar-refractivity contribution is 6.99. The average molecular weight is 607 g/mol. The van der Waals surface area contributed by atoms with Crippen molar-refractivity contribution in [2.75, 3.05) is 5.32 Å². The Morgan fingerprint density at radius 1 is 0.955 bits per heavy atom. The summed E-state index contributed by atoms with van der Waals surface area (Å²) in [5, 5.41) is 9.36. The van der Waals surface area contributed by atoms with Crippen molar-refractivity contribution in [2.45, 2.75) is 70.6 Å². The van der Waals surface area contributed by atoms with Crippen LogP contribution in [0, 0.1) is 6.92 Å². The van der Waals surface area contributed by atoms with E-state index in [1.165, 1.54) is 10.4 Å². The third-order valence-corrected chi connectivity index (χ3v) is 13.8. The van der Waals surface area contributed by atoms with Crippen molar-refractivity contribution >= 4 is 41.5 Å². The second kappa shape index (κ2) is 12.0. The number of rotatable bonds is 7. The number of anilines is 1. The number of hydrogen-bond donors (Lipinski definition) is 1. The Morgan fingerprint density at radius 2 is 1.59 bits per heavy atom. The van der Waals surface area contributed by atoms with E-state index in [1.807, 2.05) is 4.57 Å². The molecular weight excluding hydrogens is 568 g/mol. The molecular formula is C35H38N4O4Si. The Morgan fingerprint density at radius 3 is 2.16 bits per heavy atom. The summed E-state index contributed by atoms with van der Waals surface area (Å²) in [6.07, 6.45) is 6.80. The second-order valence-corrected chi connectivity index (χ2v) is 16.9. The van der Waals surface area contributed by atoms with Gasteiger partial charge in [0, 0.05) is 30.6 Å². The van der Waals surface area contributed by atoms with E-state index in [4.69, 9.17) is 8.95 Å². The number of carbonyl (C=O) groups excluding carboxylic acids is 1. The number of aryl methyl sites for hydroxylation is 1. The van der Waals surface area contributed by atoms with E-state index in [1.54, 1.807) is 37.5 Å². The molecule has 0 bridgehead atoms. The summed E-state index contributed by atoms with van der Waals surface area (Å²) in [5.74, 6) is -0.333. The first-order chi connectivity index (χ1) is 21.2. The van der Waals surface area contributed by atoms with Crippen LogP contribution in [0.5, 0.6) is 0 Å². The number of benzene rings is 2. The topological polar surface area (TPSA) is 99.2 Å². The van der Waals surface area contributed by atoms with Crippen molar-refractivity contribution in [1.82, 2.24) is 14.7 Å². The third-order valence-electron chi connectivity index (χ3n) is 8.70. The van der Waals surface area contributed by atoms with Crippen LogP contribution in [0.25, 0.3) is 11.0 Å². The summed E-state index contributed by atoms with van der Waals surface area (Å²) in [6, 6.07) is 26.6. The molecule has 1 N–H and O–H groups in total. The maximum atomic E-state index is 13.4. The van der Waals surface area contributed by atoms with E-state index in [0.29, 0.717) is 16.7 Å². The monoisotopic (exact) mass is 606 g/mol. The smallest absolute Gasteiger partial charge is 0.263 e. The quantitative estimate of drug-likeness (QED) is 0.228. The van der Waals surface area contributed by atoms with E-state index in [2.05, 4.69) is 96.9 Å². The molecule has 0 saturated heterocycles. The van der Waals surface area contributed by atoms with Gasteiger partial charge in [-0.05, 0) is 60.2 Å². The first kappa shape index (κ1) is 29.7. The third kappa shape index (κ3) is 5.53. The summed E-state index contributed by atoms with van der Waals surface area (Å²) in [7, 11) is -2.68. The maximum absolute atomic E-state index is 13.4. The zero-order chi connectivity index (χ0) is 30.9. The zero-order valence-corrected chi connectivity index (χ0v) is 26.6. The number of aromatic nitrogens is 3. The van der Waals surface area contributed by atoms with Crippen LogP contribution < -0.4 is 21.1 Å². The molecule has 226 valence electrons. The zero-order valence-electron chi connectivity index (χ0n) is 25.6. The van der Waals surface area contributed by atoms with Gasteiger partial charge in [0.1, 0.15) is 11.2 Å². The van der Waals surface area contributed by atoms with Crippen molar-refractivity contribution in [3.05, 3.63) is 113 Å². The van der Waals surface area contributed by atoms with Crippen molar-refractivity contribution < 1.29 is 13.7 Å². The Labute approximate surface area is 258 Å².